The quantitative estimate of drug-likeness (QED) is 0.623. The summed E-state index contributed by atoms with van der Waals surface area (Å²) in [5.74, 6) is -0.256. The summed E-state index contributed by atoms with van der Waals surface area (Å²) in [6.07, 6.45) is 0.989. The normalized spacial score (nSPS) is 10.3. The van der Waals surface area contributed by atoms with E-state index in [-0.39, 0.29) is 22.1 Å². The van der Waals surface area contributed by atoms with Crippen molar-refractivity contribution in [1.82, 2.24) is 0 Å². The van der Waals surface area contributed by atoms with Crippen LogP contribution < -0.4 is 0 Å². The maximum absolute atomic E-state index is 11.6. The van der Waals surface area contributed by atoms with Crippen molar-refractivity contribution in [2.45, 2.75) is 12.8 Å². The molecule has 0 fully saturated rings. The van der Waals surface area contributed by atoms with Crippen LogP contribution in [0.5, 0.6) is 5.75 Å². The van der Waals surface area contributed by atoms with Crippen molar-refractivity contribution >= 4 is 17.4 Å². The Kier molecular flexibility index (Phi) is 4.59. The Labute approximate surface area is 93.6 Å². The highest BCUT2D eigenvalue weighted by Gasteiger charge is 2.12. The van der Waals surface area contributed by atoms with Crippen molar-refractivity contribution in [2.24, 2.45) is 0 Å². The van der Waals surface area contributed by atoms with Gasteiger partial charge in [-0.15, -0.1) is 0 Å². The summed E-state index contributed by atoms with van der Waals surface area (Å²) in [5.41, 5.74) is 0.276. The van der Waals surface area contributed by atoms with Gasteiger partial charge in [0.2, 0.25) is 0 Å². The molecule has 0 aromatic heterocycles. The monoisotopic (exact) mass is 228 g/mol. The lowest BCUT2D eigenvalue weighted by Gasteiger charge is -2.04. The highest BCUT2D eigenvalue weighted by molar-refractivity contribution is 6.32. The number of halogens is 1. The van der Waals surface area contributed by atoms with E-state index >= 15 is 0 Å². The fourth-order valence-corrected chi connectivity index (χ4v) is 1.43. The van der Waals surface area contributed by atoms with Crippen molar-refractivity contribution in [2.75, 3.05) is 13.7 Å². The third kappa shape index (κ3) is 3.22. The molecule has 3 nitrogen and oxygen atoms in total. The number of para-hydroxylation sites is 1. The summed E-state index contributed by atoms with van der Waals surface area (Å²) >= 11 is 5.69. The molecule has 0 bridgehead atoms. The van der Waals surface area contributed by atoms with E-state index in [0.717, 1.165) is 0 Å². The van der Waals surface area contributed by atoms with Crippen LogP contribution in [-0.2, 0) is 4.74 Å². The molecule has 0 atom stereocenters. The molecule has 15 heavy (non-hydrogen) atoms. The Morgan fingerprint density at radius 1 is 1.53 bits per heavy atom. The summed E-state index contributed by atoms with van der Waals surface area (Å²) in [6.45, 7) is 0.535. The second-order valence-electron chi connectivity index (χ2n) is 3.16. The largest absolute Gasteiger partial charge is 0.506 e. The van der Waals surface area contributed by atoms with Crippen LogP contribution in [0.4, 0.5) is 0 Å². The Balaban J connectivity index is 2.69. The molecule has 0 unspecified atom stereocenters. The number of hydrogen-bond acceptors (Lipinski definition) is 3. The molecule has 0 spiro atoms. The highest BCUT2D eigenvalue weighted by Crippen LogP contribution is 2.27. The van der Waals surface area contributed by atoms with Gasteiger partial charge in [0, 0.05) is 20.1 Å². The van der Waals surface area contributed by atoms with E-state index in [1.807, 2.05) is 0 Å². The number of hydrogen-bond donors (Lipinski definition) is 1. The number of carbonyl (C=O) groups is 1. The molecular formula is C11H13ClO3. The van der Waals surface area contributed by atoms with E-state index in [1.54, 1.807) is 25.3 Å². The number of ketones is 1. The Morgan fingerprint density at radius 3 is 2.93 bits per heavy atom. The number of Topliss-reactive ketones (excluding diaryl/α,β-unsaturated/α-hetero) is 1. The highest BCUT2D eigenvalue weighted by atomic mass is 35.5. The molecule has 1 aromatic rings. The maximum atomic E-state index is 11.6. The summed E-state index contributed by atoms with van der Waals surface area (Å²) in [4.78, 5) is 11.6. The maximum Gasteiger partial charge on any atom is 0.166 e. The predicted molar refractivity (Wildman–Crippen MR) is 58.6 cm³/mol. The van der Waals surface area contributed by atoms with Gasteiger partial charge in [0.25, 0.3) is 0 Å². The molecule has 0 radical (unpaired) electrons. The van der Waals surface area contributed by atoms with E-state index < -0.39 is 0 Å². The zero-order chi connectivity index (χ0) is 11.3. The van der Waals surface area contributed by atoms with Crippen LogP contribution in [0.3, 0.4) is 0 Å². The van der Waals surface area contributed by atoms with Gasteiger partial charge in [-0.2, -0.15) is 0 Å². The van der Waals surface area contributed by atoms with Crippen LogP contribution in [0, 0.1) is 0 Å². The van der Waals surface area contributed by atoms with Crippen LogP contribution in [0.1, 0.15) is 23.2 Å². The van der Waals surface area contributed by atoms with Crippen LogP contribution in [0.2, 0.25) is 5.02 Å². The van der Waals surface area contributed by atoms with Crippen LogP contribution in [-0.4, -0.2) is 24.6 Å². The molecule has 4 heteroatoms. The van der Waals surface area contributed by atoms with Gasteiger partial charge in [-0.1, -0.05) is 17.7 Å². The molecule has 0 saturated carbocycles. The summed E-state index contributed by atoms with van der Waals surface area (Å²) in [7, 11) is 1.58. The smallest absolute Gasteiger partial charge is 0.166 e. The molecule has 0 heterocycles. The number of ether oxygens (including phenoxy) is 1. The molecule has 1 aromatic carbocycles. The van der Waals surface area contributed by atoms with Gasteiger partial charge in [0.1, 0.15) is 5.75 Å². The molecule has 0 amide bonds. The van der Waals surface area contributed by atoms with E-state index in [9.17, 15) is 9.90 Å². The summed E-state index contributed by atoms with van der Waals surface area (Å²) in [5, 5.41) is 9.74. The second kappa shape index (κ2) is 5.73. The molecule has 0 aliphatic carbocycles. The first-order valence-corrected chi connectivity index (χ1v) is 5.04. The fourth-order valence-electron chi connectivity index (χ4n) is 1.25. The van der Waals surface area contributed by atoms with E-state index in [1.165, 1.54) is 0 Å². The lowest BCUT2D eigenvalue weighted by atomic mass is 10.1. The number of phenols is 1. The minimum atomic E-state index is -0.137. The summed E-state index contributed by atoms with van der Waals surface area (Å²) in [6, 6.07) is 4.75. The van der Waals surface area contributed by atoms with Gasteiger partial charge >= 0.3 is 0 Å². The Hall–Kier alpha value is -1.06. The van der Waals surface area contributed by atoms with Crippen molar-refractivity contribution in [1.29, 1.82) is 0 Å². The van der Waals surface area contributed by atoms with Crippen LogP contribution >= 0.6 is 11.6 Å². The zero-order valence-corrected chi connectivity index (χ0v) is 9.25. The molecule has 0 saturated heterocycles. The topological polar surface area (TPSA) is 46.5 Å². The van der Waals surface area contributed by atoms with Crippen molar-refractivity contribution in [3.63, 3.8) is 0 Å². The third-order valence-electron chi connectivity index (χ3n) is 2.04. The number of benzene rings is 1. The Morgan fingerprint density at radius 2 is 2.27 bits per heavy atom. The number of aromatic hydroxyl groups is 1. The third-order valence-corrected chi connectivity index (χ3v) is 2.34. The average Bonchev–Trinajstić information content (AvgIpc) is 2.22. The van der Waals surface area contributed by atoms with Gasteiger partial charge in [-0.25, -0.2) is 0 Å². The van der Waals surface area contributed by atoms with Gasteiger partial charge < -0.3 is 9.84 Å². The number of rotatable bonds is 5. The van der Waals surface area contributed by atoms with Crippen molar-refractivity contribution < 1.29 is 14.6 Å². The SMILES string of the molecule is COCCCC(=O)c1cccc(Cl)c1O. The van der Waals surface area contributed by atoms with Gasteiger partial charge in [0.15, 0.2) is 5.78 Å². The Bertz CT molecular complexity index is 350. The van der Waals surface area contributed by atoms with Gasteiger partial charge in [-0.3, -0.25) is 4.79 Å². The standard InChI is InChI=1S/C11H13ClO3/c1-15-7-3-6-10(13)8-4-2-5-9(12)11(8)14/h2,4-5,14H,3,6-7H2,1H3. The van der Waals surface area contributed by atoms with Gasteiger partial charge in [-0.05, 0) is 18.6 Å². The molecule has 1 rings (SSSR count). The first-order valence-electron chi connectivity index (χ1n) is 4.66. The summed E-state index contributed by atoms with van der Waals surface area (Å²) < 4.78 is 4.84. The molecular weight excluding hydrogens is 216 g/mol. The van der Waals surface area contributed by atoms with Crippen molar-refractivity contribution in [3.8, 4) is 5.75 Å². The lowest BCUT2D eigenvalue weighted by molar-refractivity contribution is 0.0961. The molecule has 1 N–H and O–H groups in total. The van der Waals surface area contributed by atoms with Crippen LogP contribution in [0.15, 0.2) is 18.2 Å². The fraction of sp³-hybridized carbons (Fsp3) is 0.364. The lowest BCUT2D eigenvalue weighted by Crippen LogP contribution is -2.01. The first-order chi connectivity index (χ1) is 7.16. The predicted octanol–water partition coefficient (Wildman–Crippen LogP) is 2.65. The van der Waals surface area contributed by atoms with Gasteiger partial charge in [0.05, 0.1) is 10.6 Å². The second-order valence-corrected chi connectivity index (χ2v) is 3.56. The zero-order valence-electron chi connectivity index (χ0n) is 8.50. The van der Waals surface area contributed by atoms with E-state index in [4.69, 9.17) is 16.3 Å². The number of phenolic OH excluding ortho intramolecular Hbond substituents is 1. The first kappa shape index (κ1) is 12.0. The molecule has 0 aliphatic heterocycles. The molecule has 82 valence electrons. The van der Waals surface area contributed by atoms with E-state index in [2.05, 4.69) is 0 Å². The number of carbonyl (C=O) groups excluding carboxylic acids is 1. The van der Waals surface area contributed by atoms with Crippen LogP contribution in [0.25, 0.3) is 0 Å². The molecule has 0 aliphatic rings. The number of methoxy groups -OCH3 is 1. The van der Waals surface area contributed by atoms with Crippen molar-refractivity contribution in [3.05, 3.63) is 28.8 Å². The average molecular weight is 229 g/mol. The minimum absolute atomic E-state index is 0.118. The van der Waals surface area contributed by atoms with E-state index in [0.29, 0.717) is 19.4 Å². The minimum Gasteiger partial charge on any atom is -0.506 e.